The molecule has 2 saturated carbocycles. The molecule has 7 heteroatoms. The second kappa shape index (κ2) is 5.94. The van der Waals surface area contributed by atoms with E-state index in [4.69, 9.17) is 4.18 Å². The highest BCUT2D eigenvalue weighted by Crippen LogP contribution is 2.68. The summed E-state index contributed by atoms with van der Waals surface area (Å²) >= 11 is 0. The summed E-state index contributed by atoms with van der Waals surface area (Å²) in [6, 6.07) is 0. The van der Waals surface area contributed by atoms with Crippen molar-refractivity contribution in [1.29, 1.82) is 0 Å². The molecule has 0 spiro atoms. The number of allylic oxidation sites excluding steroid dienone is 6. The molecule has 0 aromatic rings. The van der Waals surface area contributed by atoms with Crippen molar-refractivity contribution < 1.29 is 27.6 Å². The van der Waals surface area contributed by atoms with Crippen LogP contribution in [-0.4, -0.2) is 48.0 Å². The Labute approximate surface area is 177 Å². The highest BCUT2D eigenvalue weighted by Gasteiger charge is 2.73. The zero-order chi connectivity index (χ0) is 21.7. The average Bonchev–Trinajstić information content (AvgIpc) is 3.08. The van der Waals surface area contributed by atoms with Crippen LogP contribution in [0.15, 0.2) is 35.5 Å². The van der Waals surface area contributed by atoms with Gasteiger partial charge in [-0.05, 0) is 62.5 Å². The maximum Gasteiger partial charge on any atom is 0.270 e. The van der Waals surface area contributed by atoms with Gasteiger partial charge in [0.1, 0.15) is 17.0 Å². The summed E-state index contributed by atoms with van der Waals surface area (Å²) in [6.07, 6.45) is 10.6. The fourth-order valence-corrected chi connectivity index (χ4v) is 8.99. The van der Waals surface area contributed by atoms with Gasteiger partial charge < -0.3 is 10.2 Å². The third-order valence-electron chi connectivity index (χ3n) is 9.13. The topological polar surface area (TPSA) is 101 Å². The first-order valence-electron chi connectivity index (χ1n) is 10.8. The predicted octanol–water partition coefficient (Wildman–Crippen LogP) is 2.28. The molecule has 0 amide bonds. The van der Waals surface area contributed by atoms with Gasteiger partial charge in [-0.15, -0.1) is 0 Å². The highest BCUT2D eigenvalue weighted by molar-refractivity contribution is 7.87. The third kappa shape index (κ3) is 2.35. The minimum atomic E-state index is -3.85. The van der Waals surface area contributed by atoms with E-state index < -0.39 is 39.1 Å². The van der Waals surface area contributed by atoms with Crippen LogP contribution < -0.4 is 0 Å². The maximum absolute atomic E-state index is 12.0. The molecule has 5 aliphatic rings. The molecule has 1 aliphatic heterocycles. The number of carbonyl (C=O) groups is 1. The van der Waals surface area contributed by atoms with Gasteiger partial charge in [0.25, 0.3) is 10.1 Å². The van der Waals surface area contributed by atoms with Crippen molar-refractivity contribution >= 4 is 15.9 Å². The molecule has 0 aromatic heterocycles. The highest BCUT2D eigenvalue weighted by atomic mass is 32.2. The molecular formula is C23H30O6S. The fourth-order valence-electron chi connectivity index (χ4n) is 7.64. The molecule has 1 heterocycles. The lowest BCUT2D eigenvalue weighted by molar-refractivity contribution is -0.219. The minimum Gasteiger partial charge on any atom is -0.386 e. The number of ketones is 1. The normalized spacial score (nSPS) is 51.6. The van der Waals surface area contributed by atoms with E-state index in [9.17, 15) is 23.4 Å². The summed E-state index contributed by atoms with van der Waals surface area (Å²) in [7, 11) is -3.85. The first kappa shape index (κ1) is 20.6. The number of carbonyl (C=O) groups excluding carboxylic acids is 1. The quantitative estimate of drug-likeness (QED) is 0.485. The summed E-state index contributed by atoms with van der Waals surface area (Å²) in [5, 5.41) is 23.4. The SMILES string of the molecule is C[C@@H]1C[C@H]2[C@@H]3CCC4=CC(=O)C=C[C@]4(C)C3=CC[C@]2(C)[C@@]1(O)[C@]1(O)COS(=O)(=O)C1. The van der Waals surface area contributed by atoms with E-state index >= 15 is 0 Å². The Hall–Kier alpha value is -1.28. The molecule has 7 atom stereocenters. The lowest BCUT2D eigenvalue weighted by atomic mass is 9.50. The van der Waals surface area contributed by atoms with Gasteiger partial charge in [-0.3, -0.25) is 8.98 Å². The molecule has 6 nitrogen and oxygen atoms in total. The molecule has 0 unspecified atom stereocenters. The van der Waals surface area contributed by atoms with Crippen molar-refractivity contribution in [3.63, 3.8) is 0 Å². The van der Waals surface area contributed by atoms with Crippen LogP contribution in [0.3, 0.4) is 0 Å². The summed E-state index contributed by atoms with van der Waals surface area (Å²) in [5.41, 5.74) is -1.88. The Morgan fingerprint density at radius 3 is 2.63 bits per heavy atom. The molecule has 2 N–H and O–H groups in total. The van der Waals surface area contributed by atoms with Crippen molar-refractivity contribution in [3.05, 3.63) is 35.5 Å². The van der Waals surface area contributed by atoms with Crippen LogP contribution in [0.4, 0.5) is 0 Å². The van der Waals surface area contributed by atoms with E-state index in [1.165, 1.54) is 5.57 Å². The summed E-state index contributed by atoms with van der Waals surface area (Å²) in [4.78, 5) is 11.9. The van der Waals surface area contributed by atoms with Gasteiger partial charge in [-0.2, -0.15) is 8.42 Å². The molecule has 5 rings (SSSR count). The lowest BCUT2D eigenvalue weighted by Crippen LogP contribution is -2.67. The Balaban J connectivity index is 1.59. The fraction of sp³-hybridized carbons (Fsp3) is 0.696. The van der Waals surface area contributed by atoms with Gasteiger partial charge in [0, 0.05) is 10.8 Å². The van der Waals surface area contributed by atoms with E-state index in [-0.39, 0.29) is 29.0 Å². The Bertz CT molecular complexity index is 1020. The van der Waals surface area contributed by atoms with Gasteiger partial charge in [0.2, 0.25) is 0 Å². The van der Waals surface area contributed by atoms with Crippen LogP contribution in [-0.2, 0) is 19.1 Å². The van der Waals surface area contributed by atoms with E-state index in [1.807, 2.05) is 19.9 Å². The molecular weight excluding hydrogens is 404 g/mol. The zero-order valence-corrected chi connectivity index (χ0v) is 18.5. The van der Waals surface area contributed by atoms with Gasteiger partial charge in [-0.1, -0.05) is 37.1 Å². The van der Waals surface area contributed by atoms with Crippen LogP contribution in [0, 0.1) is 28.6 Å². The van der Waals surface area contributed by atoms with Gasteiger partial charge >= 0.3 is 0 Å². The second-order valence-corrected chi connectivity index (χ2v) is 12.2. The monoisotopic (exact) mass is 434 g/mol. The molecule has 4 aliphatic carbocycles. The number of fused-ring (bicyclic) bond motifs is 5. The molecule has 1 saturated heterocycles. The zero-order valence-electron chi connectivity index (χ0n) is 17.7. The van der Waals surface area contributed by atoms with Crippen LogP contribution in [0.1, 0.15) is 46.5 Å². The number of aliphatic hydroxyl groups is 2. The van der Waals surface area contributed by atoms with E-state index in [1.54, 1.807) is 12.2 Å². The van der Waals surface area contributed by atoms with E-state index in [0.717, 1.165) is 24.8 Å². The Morgan fingerprint density at radius 1 is 1.23 bits per heavy atom. The number of hydrogen-bond donors (Lipinski definition) is 2. The minimum absolute atomic E-state index is 0.0377. The summed E-state index contributed by atoms with van der Waals surface area (Å²) < 4.78 is 29.0. The van der Waals surface area contributed by atoms with E-state index in [0.29, 0.717) is 6.42 Å². The lowest BCUT2D eigenvalue weighted by Gasteiger charge is -2.56. The summed E-state index contributed by atoms with van der Waals surface area (Å²) in [5.74, 6) is -0.456. The molecule has 0 radical (unpaired) electrons. The van der Waals surface area contributed by atoms with E-state index in [2.05, 4.69) is 13.0 Å². The standard InChI is InChI=1S/C23H30O6S/c1-14-10-19-17-5-4-15-11-16(24)6-8-20(15,2)18(17)7-9-21(19,3)23(14,26)22(25)12-29-30(27,28)13-22/h6-8,11,14,17,19,25-26H,4-5,9-10,12-13H2,1-3H3/t14-,17-,19+,20+,21+,22+,23-/m1/s1. The van der Waals surface area contributed by atoms with Crippen molar-refractivity contribution in [2.75, 3.05) is 12.4 Å². The molecule has 164 valence electrons. The second-order valence-electron chi connectivity index (χ2n) is 10.5. The smallest absolute Gasteiger partial charge is 0.270 e. The van der Waals surface area contributed by atoms with Crippen molar-refractivity contribution in [2.24, 2.45) is 28.6 Å². The first-order chi connectivity index (χ1) is 13.9. The largest absolute Gasteiger partial charge is 0.386 e. The summed E-state index contributed by atoms with van der Waals surface area (Å²) in [6.45, 7) is 5.69. The van der Waals surface area contributed by atoms with Crippen molar-refractivity contribution in [3.8, 4) is 0 Å². The van der Waals surface area contributed by atoms with Crippen molar-refractivity contribution in [1.82, 2.24) is 0 Å². The number of rotatable bonds is 1. The van der Waals surface area contributed by atoms with Gasteiger partial charge in [-0.25, -0.2) is 0 Å². The Kier molecular flexibility index (Phi) is 4.08. The first-order valence-corrected chi connectivity index (χ1v) is 12.4. The van der Waals surface area contributed by atoms with Crippen LogP contribution >= 0.6 is 0 Å². The third-order valence-corrected chi connectivity index (χ3v) is 10.4. The molecule has 0 aromatic carbocycles. The van der Waals surface area contributed by atoms with Gasteiger partial charge in [0.15, 0.2) is 5.78 Å². The molecule has 0 bridgehead atoms. The van der Waals surface area contributed by atoms with Crippen LogP contribution in [0.25, 0.3) is 0 Å². The predicted molar refractivity (Wildman–Crippen MR) is 111 cm³/mol. The molecule has 30 heavy (non-hydrogen) atoms. The van der Waals surface area contributed by atoms with Crippen molar-refractivity contribution in [2.45, 2.75) is 57.7 Å². The average molecular weight is 435 g/mol. The Morgan fingerprint density at radius 2 is 1.97 bits per heavy atom. The van der Waals surface area contributed by atoms with Crippen LogP contribution in [0.5, 0.6) is 0 Å². The van der Waals surface area contributed by atoms with Gasteiger partial charge in [0.05, 0.1) is 6.61 Å². The van der Waals surface area contributed by atoms with Crippen LogP contribution in [0.2, 0.25) is 0 Å². The maximum atomic E-state index is 12.0. The molecule has 3 fully saturated rings. The number of hydrogen-bond acceptors (Lipinski definition) is 6.